The predicted molar refractivity (Wildman–Crippen MR) is 93.3 cm³/mol. The van der Waals surface area contributed by atoms with E-state index in [4.69, 9.17) is 9.47 Å². The van der Waals surface area contributed by atoms with E-state index >= 15 is 0 Å². The molecule has 1 unspecified atom stereocenters. The molecule has 1 amide bonds. The van der Waals surface area contributed by atoms with E-state index in [1.165, 1.54) is 0 Å². The van der Waals surface area contributed by atoms with Crippen LogP contribution in [0.3, 0.4) is 0 Å². The second-order valence-electron chi connectivity index (χ2n) is 6.88. The maximum Gasteiger partial charge on any atom is 0.254 e. The number of ether oxygens (including phenoxy) is 2. The van der Waals surface area contributed by atoms with Crippen molar-refractivity contribution < 1.29 is 14.3 Å². The molecule has 0 aromatic carbocycles. The molecule has 0 bridgehead atoms. The molecule has 6 heteroatoms. The Labute approximate surface area is 145 Å². The van der Waals surface area contributed by atoms with E-state index in [0.717, 1.165) is 63.5 Å². The fourth-order valence-electron chi connectivity index (χ4n) is 3.68. The molecule has 3 fully saturated rings. The number of hydrogen-bond acceptors (Lipinski definition) is 5. The summed E-state index contributed by atoms with van der Waals surface area (Å²) in [4.78, 5) is 14.3. The Balaban J connectivity index is 1.23. The van der Waals surface area contributed by atoms with Crippen LogP contribution in [0, 0.1) is 5.92 Å². The third-order valence-corrected chi connectivity index (χ3v) is 7.36. The first-order valence-electron chi connectivity index (χ1n) is 8.39. The van der Waals surface area contributed by atoms with Gasteiger partial charge in [0, 0.05) is 44.0 Å². The molecule has 126 valence electrons. The zero-order valence-electron chi connectivity index (χ0n) is 13.2. The summed E-state index contributed by atoms with van der Waals surface area (Å²) in [5.41, 5.74) is 0.833. The second-order valence-corrected chi connectivity index (χ2v) is 9.15. The van der Waals surface area contributed by atoms with E-state index in [9.17, 15) is 4.79 Å². The molecule has 1 spiro atoms. The van der Waals surface area contributed by atoms with Gasteiger partial charge in [-0.3, -0.25) is 4.79 Å². The summed E-state index contributed by atoms with van der Waals surface area (Å²) in [5.74, 6) is 1.93. The van der Waals surface area contributed by atoms with Crippen LogP contribution < -0.4 is 0 Å². The minimum atomic E-state index is 0.184. The largest absolute Gasteiger partial charge is 0.381 e. The summed E-state index contributed by atoms with van der Waals surface area (Å²) in [6, 6.07) is 1.92. The van der Waals surface area contributed by atoms with Crippen LogP contribution in [-0.2, 0) is 9.47 Å². The second kappa shape index (κ2) is 6.75. The molecule has 0 radical (unpaired) electrons. The van der Waals surface area contributed by atoms with E-state index in [1.807, 2.05) is 33.5 Å². The number of rotatable bonds is 4. The topological polar surface area (TPSA) is 38.8 Å². The molecule has 1 aromatic rings. The molecule has 4 rings (SSSR count). The number of likely N-dealkylation sites (tertiary alicyclic amines) is 1. The lowest BCUT2D eigenvalue weighted by molar-refractivity contribution is -0.0118. The van der Waals surface area contributed by atoms with Gasteiger partial charge < -0.3 is 14.4 Å². The number of nitrogens with zero attached hydrogens (tertiary/aromatic N) is 1. The van der Waals surface area contributed by atoms with Crippen molar-refractivity contribution in [2.24, 2.45) is 5.92 Å². The first kappa shape index (κ1) is 15.9. The van der Waals surface area contributed by atoms with Gasteiger partial charge in [-0.05, 0) is 36.6 Å². The molecule has 4 nitrogen and oxygen atoms in total. The Morgan fingerprint density at radius 3 is 2.96 bits per heavy atom. The van der Waals surface area contributed by atoms with E-state index < -0.39 is 0 Å². The maximum absolute atomic E-state index is 12.3. The molecule has 3 aliphatic rings. The third kappa shape index (κ3) is 3.45. The summed E-state index contributed by atoms with van der Waals surface area (Å²) < 4.78 is 11.8. The molecule has 3 aliphatic heterocycles. The number of thioether (sulfide) groups is 1. The van der Waals surface area contributed by atoms with Crippen LogP contribution >= 0.6 is 23.1 Å². The molecular weight excluding hydrogens is 330 g/mol. The van der Waals surface area contributed by atoms with E-state index in [-0.39, 0.29) is 10.7 Å². The van der Waals surface area contributed by atoms with E-state index in [1.54, 1.807) is 11.3 Å². The molecule has 1 atom stereocenters. The van der Waals surface area contributed by atoms with Crippen LogP contribution in [0.1, 0.15) is 29.6 Å². The average Bonchev–Trinajstić information content (AvgIpc) is 3.22. The Kier molecular flexibility index (Phi) is 4.67. The number of amides is 1. The summed E-state index contributed by atoms with van der Waals surface area (Å²) in [6.07, 6.45) is 3.72. The SMILES string of the molecule is O=C(c1ccsc1)N1CC2(CC(OCC3CCOCC3)CS2)C1. The predicted octanol–water partition coefficient (Wildman–Crippen LogP) is 2.89. The molecule has 3 saturated heterocycles. The maximum atomic E-state index is 12.3. The Morgan fingerprint density at radius 2 is 2.22 bits per heavy atom. The van der Waals surface area contributed by atoms with Crippen molar-refractivity contribution in [2.45, 2.75) is 30.1 Å². The number of thiophene rings is 1. The van der Waals surface area contributed by atoms with Crippen molar-refractivity contribution in [3.05, 3.63) is 22.4 Å². The lowest BCUT2D eigenvalue weighted by atomic mass is 9.92. The van der Waals surface area contributed by atoms with Crippen LogP contribution in [0.25, 0.3) is 0 Å². The van der Waals surface area contributed by atoms with Crippen molar-refractivity contribution in [3.63, 3.8) is 0 Å². The van der Waals surface area contributed by atoms with Crippen LogP contribution in [0.5, 0.6) is 0 Å². The van der Waals surface area contributed by atoms with Crippen molar-refractivity contribution in [2.75, 3.05) is 38.7 Å². The molecular formula is C17H23NO3S2. The van der Waals surface area contributed by atoms with Gasteiger partial charge in [-0.1, -0.05) is 0 Å². The highest BCUT2D eigenvalue weighted by Crippen LogP contribution is 2.46. The van der Waals surface area contributed by atoms with Crippen molar-refractivity contribution in [1.29, 1.82) is 0 Å². The average molecular weight is 354 g/mol. The highest BCUT2D eigenvalue weighted by Gasteiger charge is 2.51. The van der Waals surface area contributed by atoms with Gasteiger partial charge >= 0.3 is 0 Å². The zero-order chi connectivity index (χ0) is 15.7. The summed E-state index contributed by atoms with van der Waals surface area (Å²) in [6.45, 7) is 4.41. The lowest BCUT2D eigenvalue weighted by Gasteiger charge is -2.47. The normalized spacial score (nSPS) is 27.3. The van der Waals surface area contributed by atoms with Gasteiger partial charge in [0.15, 0.2) is 0 Å². The van der Waals surface area contributed by atoms with Crippen LogP contribution in [-0.4, -0.2) is 60.3 Å². The molecule has 0 N–H and O–H groups in total. The highest BCUT2D eigenvalue weighted by molar-refractivity contribution is 8.01. The molecule has 23 heavy (non-hydrogen) atoms. The van der Waals surface area contributed by atoms with E-state index in [0.29, 0.717) is 12.0 Å². The monoisotopic (exact) mass is 353 g/mol. The lowest BCUT2D eigenvalue weighted by Crippen LogP contribution is -2.60. The number of hydrogen-bond donors (Lipinski definition) is 0. The first-order valence-corrected chi connectivity index (χ1v) is 10.3. The number of carbonyl (C=O) groups excluding carboxylic acids is 1. The Hall–Kier alpha value is -0.560. The fourth-order valence-corrected chi connectivity index (χ4v) is 5.86. The first-order chi connectivity index (χ1) is 11.2. The summed E-state index contributed by atoms with van der Waals surface area (Å²) in [7, 11) is 0. The highest BCUT2D eigenvalue weighted by atomic mass is 32.2. The smallest absolute Gasteiger partial charge is 0.254 e. The quantitative estimate of drug-likeness (QED) is 0.834. The molecule has 4 heterocycles. The van der Waals surface area contributed by atoms with Gasteiger partial charge in [-0.15, -0.1) is 11.8 Å². The van der Waals surface area contributed by atoms with Crippen molar-refractivity contribution in [3.8, 4) is 0 Å². The van der Waals surface area contributed by atoms with Gasteiger partial charge in [0.05, 0.1) is 16.4 Å². The van der Waals surface area contributed by atoms with Crippen molar-refractivity contribution >= 4 is 29.0 Å². The van der Waals surface area contributed by atoms with E-state index in [2.05, 4.69) is 0 Å². The van der Waals surface area contributed by atoms with Crippen molar-refractivity contribution in [1.82, 2.24) is 4.90 Å². The molecule has 1 aromatic heterocycles. The van der Waals surface area contributed by atoms with Crippen LogP contribution in [0.2, 0.25) is 0 Å². The third-order valence-electron chi connectivity index (χ3n) is 5.10. The minimum Gasteiger partial charge on any atom is -0.381 e. The van der Waals surface area contributed by atoms with Gasteiger partial charge in [-0.25, -0.2) is 0 Å². The van der Waals surface area contributed by atoms with Gasteiger partial charge in [-0.2, -0.15) is 11.3 Å². The minimum absolute atomic E-state index is 0.184. The fraction of sp³-hybridized carbons (Fsp3) is 0.706. The standard InChI is InChI=1S/C17H23NO3S2/c19-16(14-3-6-22-9-14)18-11-17(12-18)7-15(10-23-17)21-8-13-1-4-20-5-2-13/h3,6,9,13,15H,1-2,4-5,7-8,10-12H2. The Morgan fingerprint density at radius 1 is 1.39 bits per heavy atom. The zero-order valence-corrected chi connectivity index (χ0v) is 14.9. The van der Waals surface area contributed by atoms with Gasteiger partial charge in [0.1, 0.15) is 0 Å². The summed E-state index contributed by atoms with van der Waals surface area (Å²) in [5, 5.41) is 3.90. The summed E-state index contributed by atoms with van der Waals surface area (Å²) >= 11 is 3.59. The number of carbonyl (C=O) groups is 1. The van der Waals surface area contributed by atoms with Gasteiger partial charge in [0.25, 0.3) is 5.91 Å². The molecule has 0 aliphatic carbocycles. The van der Waals surface area contributed by atoms with Crippen LogP contribution in [0.15, 0.2) is 16.8 Å². The van der Waals surface area contributed by atoms with Gasteiger partial charge in [0.2, 0.25) is 0 Å². The Bertz CT molecular complexity index is 536. The van der Waals surface area contributed by atoms with Crippen LogP contribution in [0.4, 0.5) is 0 Å². The molecule has 0 saturated carbocycles.